The smallest absolute Gasteiger partial charge is 0.295 e. The van der Waals surface area contributed by atoms with Crippen LogP contribution in [0.3, 0.4) is 0 Å². The van der Waals surface area contributed by atoms with Gasteiger partial charge >= 0.3 is 0 Å². The summed E-state index contributed by atoms with van der Waals surface area (Å²) >= 11 is 0. The minimum absolute atomic E-state index is 0.0320. The summed E-state index contributed by atoms with van der Waals surface area (Å²) in [5.74, 6) is -0.774. The van der Waals surface area contributed by atoms with Crippen molar-refractivity contribution in [1.82, 2.24) is 4.90 Å². The number of hydrogen-bond donors (Lipinski definition) is 1. The first-order valence-electron chi connectivity index (χ1n) is 9.08. The van der Waals surface area contributed by atoms with Crippen molar-refractivity contribution < 1.29 is 28.9 Å². The Hall–Kier alpha value is -3.32. The Balaban J connectivity index is 2.15. The molecule has 3 rings (SSSR count). The van der Waals surface area contributed by atoms with E-state index in [-0.39, 0.29) is 24.5 Å². The van der Waals surface area contributed by atoms with Gasteiger partial charge in [0.1, 0.15) is 5.76 Å². The lowest BCUT2D eigenvalue weighted by atomic mass is 9.95. The van der Waals surface area contributed by atoms with E-state index in [1.165, 1.54) is 26.2 Å². The van der Waals surface area contributed by atoms with Crippen LogP contribution in [-0.4, -0.2) is 56.2 Å². The summed E-state index contributed by atoms with van der Waals surface area (Å²) in [6, 6.07) is 13.2. The number of benzene rings is 2. The molecule has 0 aromatic heterocycles. The second kappa shape index (κ2) is 8.79. The highest BCUT2D eigenvalue weighted by Gasteiger charge is 2.45. The van der Waals surface area contributed by atoms with Crippen molar-refractivity contribution in [3.05, 3.63) is 65.2 Å². The second-order valence-corrected chi connectivity index (χ2v) is 6.47. The quantitative estimate of drug-likeness (QED) is 0.439. The Labute approximate surface area is 169 Å². The average molecular weight is 397 g/mol. The van der Waals surface area contributed by atoms with Crippen LogP contribution >= 0.6 is 0 Å². The Morgan fingerprint density at radius 2 is 1.69 bits per heavy atom. The van der Waals surface area contributed by atoms with Crippen molar-refractivity contribution in [1.29, 1.82) is 0 Å². The molecule has 0 radical (unpaired) electrons. The standard InChI is InChI=1S/C22H23NO6/c1-27-12-11-23-19(14-7-5-4-6-8-14)18(21(25)22(23)26)20(24)15-9-10-16(28-2)17(13-15)29-3/h4-10,13,19,24H,11-12H2,1-3H3/b20-18-. The van der Waals surface area contributed by atoms with Crippen LogP contribution in [0.4, 0.5) is 0 Å². The van der Waals surface area contributed by atoms with Gasteiger partial charge in [0.15, 0.2) is 11.5 Å². The minimum atomic E-state index is -0.734. The van der Waals surface area contributed by atoms with E-state index in [2.05, 4.69) is 0 Å². The van der Waals surface area contributed by atoms with E-state index in [1.807, 2.05) is 30.3 Å². The zero-order valence-corrected chi connectivity index (χ0v) is 16.5. The van der Waals surface area contributed by atoms with Gasteiger partial charge in [-0.3, -0.25) is 9.59 Å². The number of Topliss-reactive ketones (excluding diaryl/α,β-unsaturated/α-hetero) is 1. The Morgan fingerprint density at radius 1 is 1.00 bits per heavy atom. The highest BCUT2D eigenvalue weighted by Crippen LogP contribution is 2.40. The molecular weight excluding hydrogens is 374 g/mol. The molecule has 1 atom stereocenters. The third-order valence-corrected chi connectivity index (χ3v) is 4.85. The van der Waals surface area contributed by atoms with Crippen molar-refractivity contribution in [2.75, 3.05) is 34.5 Å². The van der Waals surface area contributed by atoms with E-state index in [9.17, 15) is 14.7 Å². The molecule has 0 aliphatic carbocycles. The van der Waals surface area contributed by atoms with Gasteiger partial charge in [-0.1, -0.05) is 30.3 Å². The SMILES string of the molecule is COCCN1C(=O)C(=O)/C(=C(\O)c2ccc(OC)c(OC)c2)C1c1ccccc1. The number of carbonyl (C=O) groups excluding carboxylic acids is 2. The van der Waals surface area contributed by atoms with Gasteiger partial charge < -0.3 is 24.2 Å². The Kier molecular flexibility index (Phi) is 6.19. The van der Waals surface area contributed by atoms with Gasteiger partial charge in [0.25, 0.3) is 11.7 Å². The van der Waals surface area contributed by atoms with E-state index in [4.69, 9.17) is 14.2 Å². The number of aliphatic hydroxyl groups excluding tert-OH is 1. The van der Waals surface area contributed by atoms with Crippen LogP contribution in [0.2, 0.25) is 0 Å². The molecule has 1 aliphatic rings. The number of ether oxygens (including phenoxy) is 3. The van der Waals surface area contributed by atoms with Crippen LogP contribution in [0.25, 0.3) is 5.76 Å². The number of ketones is 1. The molecule has 0 bridgehead atoms. The minimum Gasteiger partial charge on any atom is -0.507 e. The maximum atomic E-state index is 12.8. The fourth-order valence-corrected chi connectivity index (χ4v) is 3.42. The number of carbonyl (C=O) groups is 2. The van der Waals surface area contributed by atoms with E-state index < -0.39 is 17.7 Å². The summed E-state index contributed by atoms with van der Waals surface area (Å²) in [7, 11) is 4.52. The first kappa shape index (κ1) is 20.4. The molecule has 7 nitrogen and oxygen atoms in total. The molecule has 29 heavy (non-hydrogen) atoms. The number of likely N-dealkylation sites (tertiary alicyclic amines) is 1. The van der Waals surface area contributed by atoms with E-state index in [0.29, 0.717) is 17.1 Å². The number of hydrogen-bond acceptors (Lipinski definition) is 6. The monoisotopic (exact) mass is 397 g/mol. The predicted molar refractivity (Wildman–Crippen MR) is 107 cm³/mol. The maximum absolute atomic E-state index is 12.8. The lowest BCUT2D eigenvalue weighted by Gasteiger charge is -2.25. The normalized spacial score (nSPS) is 18.2. The van der Waals surface area contributed by atoms with Crippen LogP contribution in [0.15, 0.2) is 54.1 Å². The summed E-state index contributed by atoms with van der Waals surface area (Å²) in [5.41, 5.74) is 1.11. The highest BCUT2D eigenvalue weighted by molar-refractivity contribution is 6.46. The number of rotatable bonds is 7. The van der Waals surface area contributed by atoms with Crippen molar-refractivity contribution in [3.8, 4) is 11.5 Å². The molecule has 0 spiro atoms. The van der Waals surface area contributed by atoms with Gasteiger partial charge in [0, 0.05) is 19.2 Å². The van der Waals surface area contributed by atoms with Crippen LogP contribution in [0.1, 0.15) is 17.2 Å². The van der Waals surface area contributed by atoms with Crippen molar-refractivity contribution in [3.63, 3.8) is 0 Å². The summed E-state index contributed by atoms with van der Waals surface area (Å²) in [6.45, 7) is 0.496. The molecule has 2 aromatic rings. The first-order chi connectivity index (χ1) is 14.0. The summed E-state index contributed by atoms with van der Waals surface area (Å²) in [6.07, 6.45) is 0. The molecule has 1 saturated heterocycles. The second-order valence-electron chi connectivity index (χ2n) is 6.47. The zero-order valence-electron chi connectivity index (χ0n) is 16.5. The summed E-state index contributed by atoms with van der Waals surface area (Å²) in [4.78, 5) is 27.0. The van der Waals surface area contributed by atoms with Crippen molar-refractivity contribution in [2.45, 2.75) is 6.04 Å². The maximum Gasteiger partial charge on any atom is 0.295 e. The summed E-state index contributed by atoms with van der Waals surface area (Å²) in [5, 5.41) is 11.0. The predicted octanol–water partition coefficient (Wildman–Crippen LogP) is 2.77. The molecule has 1 heterocycles. The van der Waals surface area contributed by atoms with Crippen LogP contribution < -0.4 is 9.47 Å². The molecule has 152 valence electrons. The van der Waals surface area contributed by atoms with Gasteiger partial charge in [-0.15, -0.1) is 0 Å². The Bertz CT molecular complexity index is 938. The number of methoxy groups -OCH3 is 3. The molecule has 1 amide bonds. The summed E-state index contributed by atoms with van der Waals surface area (Å²) < 4.78 is 15.6. The molecule has 1 N–H and O–H groups in total. The van der Waals surface area contributed by atoms with Gasteiger partial charge in [-0.25, -0.2) is 0 Å². The molecule has 1 aliphatic heterocycles. The van der Waals surface area contributed by atoms with E-state index in [1.54, 1.807) is 18.2 Å². The van der Waals surface area contributed by atoms with Gasteiger partial charge in [-0.05, 0) is 23.8 Å². The topological polar surface area (TPSA) is 85.3 Å². The Morgan fingerprint density at radius 3 is 2.31 bits per heavy atom. The molecule has 0 saturated carbocycles. The molecular formula is C22H23NO6. The van der Waals surface area contributed by atoms with E-state index >= 15 is 0 Å². The van der Waals surface area contributed by atoms with Gasteiger partial charge in [-0.2, -0.15) is 0 Å². The van der Waals surface area contributed by atoms with Crippen molar-refractivity contribution in [2.24, 2.45) is 0 Å². The lowest BCUT2D eigenvalue weighted by Crippen LogP contribution is -2.32. The third kappa shape index (κ3) is 3.82. The number of amides is 1. The highest BCUT2D eigenvalue weighted by atomic mass is 16.5. The largest absolute Gasteiger partial charge is 0.507 e. The first-order valence-corrected chi connectivity index (χ1v) is 9.08. The lowest BCUT2D eigenvalue weighted by molar-refractivity contribution is -0.140. The zero-order chi connectivity index (χ0) is 21.0. The molecule has 2 aromatic carbocycles. The molecule has 1 unspecified atom stereocenters. The van der Waals surface area contributed by atoms with Crippen molar-refractivity contribution >= 4 is 17.4 Å². The van der Waals surface area contributed by atoms with E-state index in [0.717, 1.165) is 5.56 Å². The molecule has 1 fully saturated rings. The fourth-order valence-electron chi connectivity index (χ4n) is 3.42. The number of nitrogens with zero attached hydrogens (tertiary/aromatic N) is 1. The van der Waals surface area contributed by atoms with Crippen LogP contribution in [0, 0.1) is 0 Å². The molecule has 7 heteroatoms. The van der Waals surface area contributed by atoms with Gasteiger partial charge in [0.2, 0.25) is 0 Å². The van der Waals surface area contributed by atoms with Crippen LogP contribution in [0.5, 0.6) is 11.5 Å². The fraction of sp³-hybridized carbons (Fsp3) is 0.273. The third-order valence-electron chi connectivity index (χ3n) is 4.85. The average Bonchev–Trinajstić information content (AvgIpc) is 3.01. The van der Waals surface area contributed by atoms with Gasteiger partial charge in [0.05, 0.1) is 32.4 Å². The number of aliphatic hydroxyl groups is 1. The van der Waals surface area contributed by atoms with Crippen LogP contribution in [-0.2, 0) is 14.3 Å².